The summed E-state index contributed by atoms with van der Waals surface area (Å²) in [6.45, 7) is 1.96. The molecule has 2 rings (SSSR count). The molecule has 2 atom stereocenters. The molecule has 1 saturated heterocycles. The molecule has 0 radical (unpaired) electrons. The number of nitrogens with one attached hydrogen (secondary N) is 2. The molecule has 1 aromatic carbocycles. The zero-order chi connectivity index (χ0) is 16.1. The van der Waals surface area contributed by atoms with Crippen LogP contribution in [0, 0.1) is 0 Å². The fourth-order valence-corrected chi connectivity index (χ4v) is 2.09. The van der Waals surface area contributed by atoms with Gasteiger partial charge in [-0.15, -0.1) is 0 Å². The van der Waals surface area contributed by atoms with E-state index in [1.54, 1.807) is 18.2 Å². The van der Waals surface area contributed by atoms with Crippen molar-refractivity contribution in [1.29, 1.82) is 0 Å². The molecule has 2 unspecified atom stereocenters. The molecule has 1 aliphatic heterocycles. The summed E-state index contributed by atoms with van der Waals surface area (Å²) in [6.07, 6.45) is 1.08. The van der Waals surface area contributed by atoms with Gasteiger partial charge in [0.15, 0.2) is 0 Å². The minimum atomic E-state index is -1.11. The zero-order valence-corrected chi connectivity index (χ0v) is 12.2. The first-order valence-corrected chi connectivity index (χ1v) is 7.03. The topological polar surface area (TPSA) is 105 Å². The van der Waals surface area contributed by atoms with E-state index in [4.69, 9.17) is 9.84 Å². The summed E-state index contributed by atoms with van der Waals surface area (Å²) in [7, 11) is 0. The summed E-state index contributed by atoms with van der Waals surface area (Å²) >= 11 is 0. The fourth-order valence-electron chi connectivity index (χ4n) is 2.09. The van der Waals surface area contributed by atoms with Crippen LogP contribution in [0.3, 0.4) is 0 Å². The lowest BCUT2D eigenvalue weighted by Crippen LogP contribution is -2.38. The normalized spacial score (nSPS) is 18.5. The number of anilines is 1. The van der Waals surface area contributed by atoms with Gasteiger partial charge in [0, 0.05) is 17.9 Å². The van der Waals surface area contributed by atoms with Crippen LogP contribution in [0.5, 0.6) is 0 Å². The third-order valence-electron chi connectivity index (χ3n) is 3.33. The minimum Gasteiger partial charge on any atom is -0.480 e. The number of carbonyl (C=O) groups is 3. The summed E-state index contributed by atoms with van der Waals surface area (Å²) in [5.74, 6) is -1.87. The van der Waals surface area contributed by atoms with Gasteiger partial charge < -0.3 is 20.5 Å². The van der Waals surface area contributed by atoms with E-state index in [-0.39, 0.29) is 11.5 Å². The van der Waals surface area contributed by atoms with Gasteiger partial charge in [0.2, 0.25) is 0 Å². The second kappa shape index (κ2) is 7.04. The second-order valence-corrected chi connectivity index (χ2v) is 5.11. The van der Waals surface area contributed by atoms with Gasteiger partial charge in [-0.2, -0.15) is 0 Å². The molecule has 0 aromatic heterocycles. The molecule has 1 heterocycles. The van der Waals surface area contributed by atoms with Crippen LogP contribution in [0.2, 0.25) is 0 Å². The minimum absolute atomic E-state index is 0.242. The predicted molar refractivity (Wildman–Crippen MR) is 78.6 cm³/mol. The van der Waals surface area contributed by atoms with E-state index in [0.29, 0.717) is 18.7 Å². The zero-order valence-electron chi connectivity index (χ0n) is 12.2. The monoisotopic (exact) mass is 306 g/mol. The summed E-state index contributed by atoms with van der Waals surface area (Å²) < 4.78 is 5.29. The molecule has 2 amide bonds. The van der Waals surface area contributed by atoms with Gasteiger partial charge in [0.25, 0.3) is 11.8 Å². The highest BCUT2D eigenvalue weighted by Gasteiger charge is 2.23. The Labute approximate surface area is 127 Å². The standard InChI is InChI=1S/C15H18N2O5/c1-9(15(20)21)16-13(18)10-4-2-5-11(8-10)17-14(19)12-6-3-7-22-12/h2,4-5,8-9,12H,3,6-7H2,1H3,(H,16,18)(H,17,19)(H,20,21). The van der Waals surface area contributed by atoms with Crippen LogP contribution < -0.4 is 10.6 Å². The van der Waals surface area contributed by atoms with Crippen molar-refractivity contribution in [3.05, 3.63) is 29.8 Å². The number of hydrogen-bond acceptors (Lipinski definition) is 4. The average molecular weight is 306 g/mol. The van der Waals surface area contributed by atoms with Crippen molar-refractivity contribution < 1.29 is 24.2 Å². The molecule has 0 spiro atoms. The Morgan fingerprint density at radius 1 is 1.36 bits per heavy atom. The number of carbonyl (C=O) groups excluding carboxylic acids is 2. The number of carboxylic acids is 1. The molecule has 0 bridgehead atoms. The Kier molecular flexibility index (Phi) is 5.11. The SMILES string of the molecule is CC(NC(=O)c1cccc(NC(=O)C2CCCO2)c1)C(=O)O. The molecule has 1 aromatic rings. The maximum atomic E-state index is 11.9. The fraction of sp³-hybridized carbons (Fsp3) is 0.400. The van der Waals surface area contributed by atoms with E-state index in [2.05, 4.69) is 10.6 Å². The van der Waals surface area contributed by atoms with Gasteiger partial charge in [0.1, 0.15) is 12.1 Å². The van der Waals surface area contributed by atoms with Crippen LogP contribution >= 0.6 is 0 Å². The van der Waals surface area contributed by atoms with Crippen molar-refractivity contribution in [2.45, 2.75) is 31.9 Å². The van der Waals surface area contributed by atoms with Gasteiger partial charge in [-0.05, 0) is 38.0 Å². The van der Waals surface area contributed by atoms with Gasteiger partial charge >= 0.3 is 5.97 Å². The Bertz CT molecular complexity index is 581. The van der Waals surface area contributed by atoms with Crippen molar-refractivity contribution in [1.82, 2.24) is 5.32 Å². The van der Waals surface area contributed by atoms with Crippen LogP contribution in [0.4, 0.5) is 5.69 Å². The molecular formula is C15H18N2O5. The van der Waals surface area contributed by atoms with Crippen LogP contribution in [0.15, 0.2) is 24.3 Å². The summed E-state index contributed by atoms with van der Waals surface area (Å²) in [5, 5.41) is 13.8. The van der Waals surface area contributed by atoms with Crippen molar-refractivity contribution >= 4 is 23.5 Å². The highest BCUT2D eigenvalue weighted by atomic mass is 16.5. The number of benzene rings is 1. The maximum Gasteiger partial charge on any atom is 0.325 e. The Morgan fingerprint density at radius 2 is 2.14 bits per heavy atom. The van der Waals surface area contributed by atoms with E-state index in [1.807, 2.05) is 0 Å². The van der Waals surface area contributed by atoms with E-state index < -0.39 is 24.0 Å². The molecule has 7 heteroatoms. The Morgan fingerprint density at radius 3 is 2.77 bits per heavy atom. The number of aliphatic carboxylic acids is 1. The number of amides is 2. The smallest absolute Gasteiger partial charge is 0.325 e. The lowest BCUT2D eigenvalue weighted by atomic mass is 10.1. The molecular weight excluding hydrogens is 288 g/mol. The third-order valence-corrected chi connectivity index (χ3v) is 3.33. The molecule has 0 saturated carbocycles. The molecule has 7 nitrogen and oxygen atoms in total. The second-order valence-electron chi connectivity index (χ2n) is 5.11. The van der Waals surface area contributed by atoms with Crippen LogP contribution in [-0.2, 0) is 14.3 Å². The first-order valence-electron chi connectivity index (χ1n) is 7.03. The Hall–Kier alpha value is -2.41. The lowest BCUT2D eigenvalue weighted by molar-refractivity contribution is -0.138. The molecule has 3 N–H and O–H groups in total. The van der Waals surface area contributed by atoms with Crippen molar-refractivity contribution in [3.63, 3.8) is 0 Å². The van der Waals surface area contributed by atoms with Crippen molar-refractivity contribution in [2.75, 3.05) is 11.9 Å². The average Bonchev–Trinajstić information content (AvgIpc) is 3.01. The quantitative estimate of drug-likeness (QED) is 0.753. The molecule has 1 fully saturated rings. The predicted octanol–water partition coefficient (Wildman–Crippen LogP) is 1.01. The number of hydrogen-bond donors (Lipinski definition) is 3. The number of rotatable bonds is 5. The van der Waals surface area contributed by atoms with E-state index in [1.165, 1.54) is 13.0 Å². The summed E-state index contributed by atoms with van der Waals surface area (Å²) in [4.78, 5) is 34.6. The molecule has 0 aliphatic carbocycles. The molecule has 22 heavy (non-hydrogen) atoms. The van der Waals surface area contributed by atoms with Crippen molar-refractivity contribution in [2.24, 2.45) is 0 Å². The molecule has 1 aliphatic rings. The highest BCUT2D eigenvalue weighted by molar-refractivity contribution is 5.99. The van der Waals surface area contributed by atoms with Gasteiger partial charge in [0.05, 0.1) is 0 Å². The van der Waals surface area contributed by atoms with Crippen LogP contribution in [0.25, 0.3) is 0 Å². The highest BCUT2D eigenvalue weighted by Crippen LogP contribution is 2.16. The third kappa shape index (κ3) is 4.05. The van der Waals surface area contributed by atoms with Crippen LogP contribution in [0.1, 0.15) is 30.1 Å². The van der Waals surface area contributed by atoms with Crippen LogP contribution in [-0.4, -0.2) is 41.6 Å². The lowest BCUT2D eigenvalue weighted by Gasteiger charge is -2.12. The maximum absolute atomic E-state index is 11.9. The van der Waals surface area contributed by atoms with Gasteiger partial charge in [-0.3, -0.25) is 14.4 Å². The van der Waals surface area contributed by atoms with E-state index >= 15 is 0 Å². The largest absolute Gasteiger partial charge is 0.480 e. The number of carboxylic acid groups (broad SMARTS) is 1. The van der Waals surface area contributed by atoms with Gasteiger partial charge in [-0.1, -0.05) is 6.07 Å². The summed E-state index contributed by atoms with van der Waals surface area (Å²) in [6, 6.07) is 5.33. The van der Waals surface area contributed by atoms with Crippen molar-refractivity contribution in [3.8, 4) is 0 Å². The van der Waals surface area contributed by atoms with E-state index in [9.17, 15) is 14.4 Å². The summed E-state index contributed by atoms with van der Waals surface area (Å²) in [5.41, 5.74) is 0.745. The van der Waals surface area contributed by atoms with Gasteiger partial charge in [-0.25, -0.2) is 0 Å². The van der Waals surface area contributed by atoms with E-state index in [0.717, 1.165) is 6.42 Å². The Balaban J connectivity index is 2.01. The first kappa shape index (κ1) is 16.0. The first-order chi connectivity index (χ1) is 10.5. The number of ether oxygens (including phenoxy) is 1. The molecule has 118 valence electrons.